The van der Waals surface area contributed by atoms with Gasteiger partial charge in [0.25, 0.3) is 0 Å². The Morgan fingerprint density at radius 1 is 1.04 bits per heavy atom. The van der Waals surface area contributed by atoms with E-state index in [1.807, 2.05) is 0 Å². The minimum absolute atomic E-state index is 0.0488. The molecule has 0 aromatic carbocycles. The van der Waals surface area contributed by atoms with Crippen LogP contribution in [0.15, 0.2) is 28.0 Å². The lowest BCUT2D eigenvalue weighted by atomic mass is 9.85. The van der Waals surface area contributed by atoms with Crippen molar-refractivity contribution in [2.24, 2.45) is 16.8 Å². The molecule has 0 aliphatic carbocycles. The quantitative estimate of drug-likeness (QED) is 0.378. The lowest BCUT2D eigenvalue weighted by Crippen LogP contribution is -2.24. The fraction of sp³-hybridized carbons (Fsp3) is 0.647. The fourth-order valence-electron chi connectivity index (χ4n) is 2.94. The Hall–Kier alpha value is -1.10. The molecular formula is C17H21F6N3S2. The molecular weight excluding hydrogens is 424 g/mol. The molecule has 11 heteroatoms. The van der Waals surface area contributed by atoms with Crippen LogP contribution in [0, 0.1) is 11.8 Å². The molecule has 0 saturated heterocycles. The number of aliphatic imine (C=N–C) groups is 1. The van der Waals surface area contributed by atoms with E-state index >= 15 is 0 Å². The Morgan fingerprint density at radius 3 is 2.18 bits per heavy atom. The van der Waals surface area contributed by atoms with Crippen LogP contribution >= 0.6 is 21.6 Å². The third-order valence-electron chi connectivity index (χ3n) is 4.31. The van der Waals surface area contributed by atoms with E-state index < -0.39 is 35.6 Å². The molecule has 2 heterocycles. The highest BCUT2D eigenvalue weighted by Gasteiger charge is 2.41. The summed E-state index contributed by atoms with van der Waals surface area (Å²) >= 11 is 0. The second-order valence-corrected chi connectivity index (χ2v) is 9.16. The third-order valence-corrected chi connectivity index (χ3v) is 6.50. The highest BCUT2D eigenvalue weighted by Crippen LogP contribution is 2.44. The molecule has 3 nitrogen and oxygen atoms in total. The van der Waals surface area contributed by atoms with E-state index in [0.717, 1.165) is 27.8 Å². The molecule has 1 aliphatic heterocycles. The summed E-state index contributed by atoms with van der Waals surface area (Å²) in [6, 6.07) is -0.456. The molecule has 1 unspecified atom stereocenters. The molecule has 0 N–H and O–H groups in total. The number of alkyl halides is 6. The van der Waals surface area contributed by atoms with E-state index in [4.69, 9.17) is 0 Å². The van der Waals surface area contributed by atoms with E-state index in [9.17, 15) is 26.3 Å². The third kappa shape index (κ3) is 5.49. The summed E-state index contributed by atoms with van der Waals surface area (Å²) in [7, 11) is 1.44. The molecule has 1 aromatic rings. The van der Waals surface area contributed by atoms with Gasteiger partial charge in [0, 0.05) is 18.2 Å². The number of aromatic nitrogens is 2. The van der Waals surface area contributed by atoms with E-state index in [1.165, 1.54) is 0 Å². The van der Waals surface area contributed by atoms with Gasteiger partial charge < -0.3 is 4.57 Å². The maximum absolute atomic E-state index is 13.5. The zero-order chi connectivity index (χ0) is 21.3. The SMILES string of the molecule is CC(C)C1CCN=C(SSc2ncn(C(C)C)c2C(F)(F)F)C=C1C(F)(F)F. The summed E-state index contributed by atoms with van der Waals surface area (Å²) in [6.45, 7) is 6.81. The molecule has 0 spiro atoms. The molecule has 158 valence electrons. The van der Waals surface area contributed by atoms with Crippen molar-refractivity contribution < 1.29 is 26.3 Å². The molecule has 0 radical (unpaired) electrons. The zero-order valence-electron chi connectivity index (χ0n) is 15.7. The summed E-state index contributed by atoms with van der Waals surface area (Å²) in [6.07, 6.45) is -6.83. The Kier molecular flexibility index (Phi) is 7.22. The van der Waals surface area contributed by atoms with Crippen LogP contribution in [-0.4, -0.2) is 27.3 Å². The van der Waals surface area contributed by atoms with E-state index in [2.05, 4.69) is 9.98 Å². The van der Waals surface area contributed by atoms with Gasteiger partial charge in [-0.1, -0.05) is 13.8 Å². The predicted octanol–water partition coefficient (Wildman–Crippen LogP) is 6.79. The number of imidazole rings is 1. The zero-order valence-corrected chi connectivity index (χ0v) is 17.4. The predicted molar refractivity (Wildman–Crippen MR) is 100 cm³/mol. The van der Waals surface area contributed by atoms with Crippen molar-refractivity contribution in [1.82, 2.24) is 9.55 Å². The van der Waals surface area contributed by atoms with Crippen molar-refractivity contribution in [2.75, 3.05) is 6.54 Å². The Bertz CT molecular complexity index is 747. The van der Waals surface area contributed by atoms with Crippen LogP contribution in [0.4, 0.5) is 26.3 Å². The first kappa shape index (κ1) is 23.2. The van der Waals surface area contributed by atoms with Gasteiger partial charge in [-0.05, 0) is 59.8 Å². The van der Waals surface area contributed by atoms with Gasteiger partial charge in [0.1, 0.15) is 10.1 Å². The Balaban J connectivity index is 2.29. The summed E-state index contributed by atoms with van der Waals surface area (Å²) in [5, 5.41) is -0.242. The topological polar surface area (TPSA) is 30.2 Å². The van der Waals surface area contributed by atoms with Gasteiger partial charge in [-0.2, -0.15) is 26.3 Å². The van der Waals surface area contributed by atoms with Crippen molar-refractivity contribution in [3.8, 4) is 0 Å². The highest BCUT2D eigenvalue weighted by molar-refractivity contribution is 8.82. The van der Waals surface area contributed by atoms with Gasteiger partial charge in [-0.25, -0.2) is 4.98 Å². The van der Waals surface area contributed by atoms with Crippen molar-refractivity contribution in [3.05, 3.63) is 23.7 Å². The van der Waals surface area contributed by atoms with Gasteiger partial charge in [0.15, 0.2) is 5.69 Å². The molecule has 0 fully saturated rings. The van der Waals surface area contributed by atoms with Crippen LogP contribution in [0.25, 0.3) is 0 Å². The minimum atomic E-state index is -4.62. The number of rotatable bonds is 4. The van der Waals surface area contributed by atoms with E-state index in [1.54, 1.807) is 27.7 Å². The van der Waals surface area contributed by atoms with E-state index in [-0.39, 0.29) is 29.0 Å². The molecule has 2 rings (SSSR count). The first-order valence-electron chi connectivity index (χ1n) is 8.64. The maximum Gasteiger partial charge on any atom is 0.434 e. The summed E-state index contributed by atoms with van der Waals surface area (Å²) in [4.78, 5) is 7.94. The van der Waals surface area contributed by atoms with Crippen molar-refractivity contribution in [1.29, 1.82) is 0 Å². The molecule has 1 atom stereocenters. The lowest BCUT2D eigenvalue weighted by Gasteiger charge is -2.24. The summed E-state index contributed by atoms with van der Waals surface area (Å²) in [5.41, 5.74) is -1.59. The van der Waals surface area contributed by atoms with E-state index in [0.29, 0.717) is 10.8 Å². The van der Waals surface area contributed by atoms with Crippen LogP contribution in [0.2, 0.25) is 0 Å². The van der Waals surface area contributed by atoms with Gasteiger partial charge in [0.05, 0.1) is 6.33 Å². The Labute approximate surface area is 167 Å². The van der Waals surface area contributed by atoms with Crippen LogP contribution in [0.1, 0.15) is 45.9 Å². The summed E-state index contributed by atoms with van der Waals surface area (Å²) in [5.74, 6) is -0.920. The van der Waals surface area contributed by atoms with Crippen LogP contribution in [-0.2, 0) is 6.18 Å². The number of nitrogens with zero attached hydrogens (tertiary/aromatic N) is 3. The smallest absolute Gasteiger partial charge is 0.324 e. The van der Waals surface area contributed by atoms with Crippen LogP contribution < -0.4 is 0 Å². The lowest BCUT2D eigenvalue weighted by molar-refractivity contribution is -0.146. The van der Waals surface area contributed by atoms with Crippen molar-refractivity contribution >= 4 is 26.6 Å². The molecule has 0 saturated carbocycles. The number of halogens is 6. The van der Waals surface area contributed by atoms with Crippen LogP contribution in [0.3, 0.4) is 0 Å². The highest BCUT2D eigenvalue weighted by atomic mass is 33.1. The van der Waals surface area contributed by atoms with Gasteiger partial charge >= 0.3 is 12.4 Å². The fourth-order valence-corrected chi connectivity index (χ4v) is 4.97. The first-order valence-corrected chi connectivity index (χ1v) is 10.8. The average molecular weight is 445 g/mol. The molecule has 0 amide bonds. The normalized spacial score (nSPS) is 19.1. The maximum atomic E-state index is 13.5. The van der Waals surface area contributed by atoms with Gasteiger partial charge in [-0.3, -0.25) is 4.99 Å². The first-order chi connectivity index (χ1) is 12.8. The van der Waals surface area contributed by atoms with Crippen LogP contribution in [0.5, 0.6) is 0 Å². The van der Waals surface area contributed by atoms with Crippen molar-refractivity contribution in [2.45, 2.75) is 57.5 Å². The second kappa shape index (κ2) is 8.73. The molecule has 1 aliphatic rings. The Morgan fingerprint density at radius 2 is 1.68 bits per heavy atom. The number of hydrogen-bond acceptors (Lipinski definition) is 4. The standard InChI is InChI=1S/C17H21F6N3S2/c1-9(2)11-5-6-24-13(7-12(11)16(18,19)20)27-28-15-14(17(21,22)23)26(8-25-15)10(3)4/h7-11H,5-6H2,1-4H3. The second-order valence-electron chi connectivity index (χ2n) is 7.02. The monoisotopic (exact) mass is 445 g/mol. The largest absolute Gasteiger partial charge is 0.434 e. The van der Waals surface area contributed by atoms with Gasteiger partial charge in [-0.15, -0.1) is 0 Å². The minimum Gasteiger partial charge on any atom is -0.324 e. The molecule has 0 bridgehead atoms. The van der Waals surface area contributed by atoms with Gasteiger partial charge in [0.2, 0.25) is 0 Å². The van der Waals surface area contributed by atoms with Crippen molar-refractivity contribution in [3.63, 3.8) is 0 Å². The average Bonchev–Trinajstić information content (AvgIpc) is 2.85. The molecule has 28 heavy (non-hydrogen) atoms. The number of allylic oxidation sites excluding steroid dienone is 1. The number of hydrogen-bond donors (Lipinski definition) is 0. The summed E-state index contributed by atoms with van der Waals surface area (Å²) < 4.78 is 81.7. The molecule has 1 aromatic heterocycles.